The lowest BCUT2D eigenvalue weighted by Crippen LogP contribution is -2.28. The highest BCUT2D eigenvalue weighted by Crippen LogP contribution is 2.33. The lowest BCUT2D eigenvalue weighted by Gasteiger charge is -2.25. The van der Waals surface area contributed by atoms with Gasteiger partial charge in [-0.25, -0.2) is 14.4 Å². The molecule has 0 amide bonds. The second-order valence-electron chi connectivity index (χ2n) is 5.24. The monoisotopic (exact) mass is 377 g/mol. The first-order valence-electron chi connectivity index (χ1n) is 7.40. The van der Waals surface area contributed by atoms with E-state index in [9.17, 15) is 19.5 Å². The third kappa shape index (κ3) is 3.62. The van der Waals surface area contributed by atoms with Crippen molar-refractivity contribution in [3.05, 3.63) is 64.0 Å². The van der Waals surface area contributed by atoms with Crippen molar-refractivity contribution in [3.8, 4) is 0 Å². The van der Waals surface area contributed by atoms with Crippen LogP contribution in [-0.4, -0.2) is 37.2 Å². The van der Waals surface area contributed by atoms with Crippen molar-refractivity contribution < 1.29 is 29.0 Å². The zero-order valence-corrected chi connectivity index (χ0v) is 15.0. The van der Waals surface area contributed by atoms with Gasteiger partial charge in [0, 0.05) is 11.2 Å². The molecule has 1 aromatic rings. The molecule has 0 atom stereocenters. The normalized spacial score (nSPS) is 13.5. The Hall–Kier alpha value is -3.06. The van der Waals surface area contributed by atoms with E-state index in [-0.39, 0.29) is 22.5 Å². The molecule has 0 spiro atoms. The Bertz CT molecular complexity index is 869. The molecule has 0 fully saturated rings. The third-order valence-electron chi connectivity index (χ3n) is 3.66. The number of benzene rings is 1. The van der Waals surface area contributed by atoms with Gasteiger partial charge < -0.3 is 19.5 Å². The van der Waals surface area contributed by atoms with Crippen LogP contribution in [0.4, 0.5) is 5.69 Å². The minimum Gasteiger partial charge on any atom is -0.478 e. The quantitative estimate of drug-likeness (QED) is 0.806. The predicted octanol–water partition coefficient (Wildman–Crippen LogP) is 2.84. The smallest absolute Gasteiger partial charge is 0.355 e. The number of hydrogen-bond acceptors (Lipinski definition) is 6. The van der Waals surface area contributed by atoms with Crippen LogP contribution in [0.3, 0.4) is 0 Å². The summed E-state index contributed by atoms with van der Waals surface area (Å²) in [6.07, 6.45) is 5.88. The van der Waals surface area contributed by atoms with E-state index in [2.05, 4.69) is 0 Å². The molecule has 0 unspecified atom stereocenters. The van der Waals surface area contributed by atoms with E-state index in [0.717, 1.165) is 7.11 Å². The standard InChI is InChI=1S/C18H16ClNO6/c1-10-8-12(16(21)22)14(9-13(10)19)20-7-5-4-6-11(17(23)25-2)15(20)18(24)26-3/h4-9H,1-3H3,(H,21,22). The minimum atomic E-state index is -1.21. The first-order chi connectivity index (χ1) is 12.3. The van der Waals surface area contributed by atoms with Gasteiger partial charge in [-0.2, -0.15) is 0 Å². The molecule has 0 aromatic heterocycles. The fraction of sp³-hybridized carbons (Fsp3) is 0.167. The van der Waals surface area contributed by atoms with Crippen LogP contribution in [0.5, 0.6) is 0 Å². The third-order valence-corrected chi connectivity index (χ3v) is 4.06. The topological polar surface area (TPSA) is 93.1 Å². The molecule has 8 heteroatoms. The van der Waals surface area contributed by atoms with Gasteiger partial charge in [0.15, 0.2) is 0 Å². The molecule has 1 aromatic carbocycles. The first-order valence-corrected chi connectivity index (χ1v) is 7.78. The zero-order chi connectivity index (χ0) is 19.4. The summed E-state index contributed by atoms with van der Waals surface area (Å²) < 4.78 is 9.50. The van der Waals surface area contributed by atoms with Gasteiger partial charge in [-0.05, 0) is 36.8 Å². The summed E-state index contributed by atoms with van der Waals surface area (Å²) >= 11 is 6.15. The molecule has 2 rings (SSSR count). The van der Waals surface area contributed by atoms with Crippen LogP contribution >= 0.6 is 11.6 Å². The molecule has 1 aliphatic rings. The maximum atomic E-state index is 12.4. The van der Waals surface area contributed by atoms with Crippen LogP contribution in [0.1, 0.15) is 15.9 Å². The number of ether oxygens (including phenoxy) is 2. The molecular formula is C18H16ClNO6. The van der Waals surface area contributed by atoms with Gasteiger partial charge in [0.25, 0.3) is 0 Å². The van der Waals surface area contributed by atoms with Crippen molar-refractivity contribution in [1.82, 2.24) is 0 Å². The molecule has 1 aliphatic heterocycles. The Kier molecular flexibility index (Phi) is 5.84. The number of carboxylic acid groups (broad SMARTS) is 1. The van der Waals surface area contributed by atoms with Crippen molar-refractivity contribution in [3.63, 3.8) is 0 Å². The van der Waals surface area contributed by atoms with E-state index in [1.807, 2.05) is 0 Å². The Balaban J connectivity index is 2.81. The summed E-state index contributed by atoms with van der Waals surface area (Å²) in [5.41, 5.74) is 0.296. The largest absolute Gasteiger partial charge is 0.478 e. The fourth-order valence-electron chi connectivity index (χ4n) is 2.39. The number of halogens is 1. The van der Waals surface area contributed by atoms with Crippen molar-refractivity contribution in [2.75, 3.05) is 19.1 Å². The zero-order valence-electron chi connectivity index (χ0n) is 14.3. The van der Waals surface area contributed by atoms with Gasteiger partial charge in [0.1, 0.15) is 5.70 Å². The number of aryl methyl sites for hydroxylation is 1. The molecule has 1 N–H and O–H groups in total. The number of rotatable bonds is 4. The van der Waals surface area contributed by atoms with Crippen LogP contribution in [0.15, 0.2) is 47.8 Å². The lowest BCUT2D eigenvalue weighted by molar-refractivity contribution is -0.139. The van der Waals surface area contributed by atoms with E-state index in [0.29, 0.717) is 10.6 Å². The summed E-state index contributed by atoms with van der Waals surface area (Å²) in [7, 11) is 2.33. The highest BCUT2D eigenvalue weighted by atomic mass is 35.5. The van der Waals surface area contributed by atoms with Crippen LogP contribution < -0.4 is 4.90 Å². The van der Waals surface area contributed by atoms with Crippen molar-refractivity contribution in [2.45, 2.75) is 6.92 Å². The average molecular weight is 378 g/mol. The summed E-state index contributed by atoms with van der Waals surface area (Å²) in [5, 5.41) is 9.86. The van der Waals surface area contributed by atoms with Gasteiger partial charge in [0.05, 0.1) is 31.0 Å². The number of esters is 2. The molecule has 136 valence electrons. The number of carbonyl (C=O) groups is 3. The maximum absolute atomic E-state index is 12.4. The molecule has 26 heavy (non-hydrogen) atoms. The number of hydrogen-bond donors (Lipinski definition) is 1. The average Bonchev–Trinajstić information content (AvgIpc) is 2.84. The molecule has 7 nitrogen and oxygen atoms in total. The number of carbonyl (C=O) groups excluding carboxylic acids is 2. The van der Waals surface area contributed by atoms with E-state index in [1.54, 1.807) is 6.92 Å². The van der Waals surface area contributed by atoms with Crippen molar-refractivity contribution >= 4 is 35.2 Å². The molecule has 0 aliphatic carbocycles. The summed E-state index contributed by atoms with van der Waals surface area (Å²) in [5.74, 6) is -2.82. The number of allylic oxidation sites excluding steroid dienone is 2. The molecule has 0 saturated heterocycles. The van der Waals surface area contributed by atoms with Crippen LogP contribution in [-0.2, 0) is 19.1 Å². The molecular weight excluding hydrogens is 362 g/mol. The van der Waals surface area contributed by atoms with Crippen LogP contribution in [0, 0.1) is 6.92 Å². The molecule has 0 bridgehead atoms. The summed E-state index contributed by atoms with van der Waals surface area (Å²) in [6, 6.07) is 2.80. The Morgan fingerprint density at radius 2 is 1.73 bits per heavy atom. The second kappa shape index (κ2) is 7.88. The summed E-state index contributed by atoms with van der Waals surface area (Å²) in [6.45, 7) is 1.66. The van der Waals surface area contributed by atoms with Gasteiger partial charge >= 0.3 is 17.9 Å². The minimum absolute atomic E-state index is 0.0858. The predicted molar refractivity (Wildman–Crippen MR) is 95.0 cm³/mol. The highest BCUT2D eigenvalue weighted by Gasteiger charge is 2.30. The number of methoxy groups -OCH3 is 2. The van der Waals surface area contributed by atoms with Gasteiger partial charge in [-0.1, -0.05) is 17.7 Å². The number of aromatic carboxylic acids is 1. The Morgan fingerprint density at radius 3 is 2.31 bits per heavy atom. The summed E-state index contributed by atoms with van der Waals surface area (Å²) in [4.78, 5) is 37.5. The Labute approximate surface area is 154 Å². The maximum Gasteiger partial charge on any atom is 0.355 e. The number of carboxylic acids is 1. The van der Waals surface area contributed by atoms with Gasteiger partial charge in [-0.15, -0.1) is 0 Å². The van der Waals surface area contributed by atoms with Crippen LogP contribution in [0.25, 0.3) is 0 Å². The fourth-order valence-corrected chi connectivity index (χ4v) is 2.55. The lowest BCUT2D eigenvalue weighted by atomic mass is 10.1. The first kappa shape index (κ1) is 19.3. The van der Waals surface area contributed by atoms with Crippen molar-refractivity contribution in [1.29, 1.82) is 0 Å². The molecule has 1 heterocycles. The van der Waals surface area contributed by atoms with Crippen LogP contribution in [0.2, 0.25) is 5.02 Å². The van der Waals surface area contributed by atoms with E-state index in [1.165, 1.54) is 48.6 Å². The molecule has 0 radical (unpaired) electrons. The van der Waals surface area contributed by atoms with Gasteiger partial charge in [0.2, 0.25) is 0 Å². The van der Waals surface area contributed by atoms with E-state index >= 15 is 0 Å². The highest BCUT2D eigenvalue weighted by molar-refractivity contribution is 6.32. The van der Waals surface area contributed by atoms with E-state index < -0.39 is 17.9 Å². The SMILES string of the molecule is COC(=O)C1=C(C(=O)OC)N(c2cc(Cl)c(C)cc2C(=O)O)C=CC=C1. The molecule has 0 saturated carbocycles. The second-order valence-corrected chi connectivity index (χ2v) is 5.65. The van der Waals surface area contributed by atoms with Crippen molar-refractivity contribution in [2.24, 2.45) is 0 Å². The van der Waals surface area contributed by atoms with E-state index in [4.69, 9.17) is 21.1 Å². The number of nitrogens with zero attached hydrogens (tertiary/aromatic N) is 1. The van der Waals surface area contributed by atoms with Gasteiger partial charge in [-0.3, -0.25) is 0 Å². The number of anilines is 1. The Morgan fingerprint density at radius 1 is 1.08 bits per heavy atom.